The van der Waals surface area contributed by atoms with Crippen LogP contribution >= 0.6 is 0 Å². The molecule has 0 aromatic carbocycles. The molecule has 0 saturated carbocycles. The van der Waals surface area contributed by atoms with Gasteiger partial charge in [-0.3, -0.25) is 4.90 Å². The number of aliphatic hydroxyl groups is 3. The SMILES string of the molecule is CC(C)[O-].CC(C)[O-].CC(C)[O-].CC(C)[O-].OCCN(CCO)CCO.[Ti+4]. The van der Waals surface area contributed by atoms with Crippen LogP contribution in [0.15, 0.2) is 0 Å². The summed E-state index contributed by atoms with van der Waals surface area (Å²) in [6.45, 7) is 14.6. The molecule has 0 spiro atoms. The second-order valence-electron chi connectivity index (χ2n) is 6.21. The quantitative estimate of drug-likeness (QED) is 0.382. The van der Waals surface area contributed by atoms with Crippen LogP contribution in [0.25, 0.3) is 0 Å². The molecule has 0 rings (SSSR count). The van der Waals surface area contributed by atoms with Crippen molar-refractivity contribution in [1.29, 1.82) is 0 Å². The van der Waals surface area contributed by atoms with E-state index in [1.54, 1.807) is 60.3 Å². The van der Waals surface area contributed by atoms with Gasteiger partial charge in [-0.1, -0.05) is 55.4 Å². The van der Waals surface area contributed by atoms with Gasteiger partial charge < -0.3 is 35.7 Å². The van der Waals surface area contributed by atoms with E-state index in [1.165, 1.54) is 0 Å². The molecule has 0 amide bonds. The molecule has 0 saturated heterocycles. The van der Waals surface area contributed by atoms with E-state index in [0.717, 1.165) is 0 Å². The van der Waals surface area contributed by atoms with Crippen LogP contribution in [0.1, 0.15) is 55.4 Å². The van der Waals surface area contributed by atoms with E-state index in [2.05, 4.69) is 0 Å². The molecular formula is C18H43NO7Ti. The number of nitrogens with zero attached hydrogens (tertiary/aromatic N) is 1. The summed E-state index contributed by atoms with van der Waals surface area (Å²) in [4.78, 5) is 1.79. The summed E-state index contributed by atoms with van der Waals surface area (Å²) in [6, 6.07) is 0. The molecule has 0 radical (unpaired) electrons. The fourth-order valence-corrected chi connectivity index (χ4v) is 0.760. The Morgan fingerprint density at radius 3 is 0.704 bits per heavy atom. The fraction of sp³-hybridized carbons (Fsp3) is 1.00. The molecule has 0 aromatic heterocycles. The molecule has 0 fully saturated rings. The maximum Gasteiger partial charge on any atom is 4.00 e. The first kappa shape index (κ1) is 41.7. The summed E-state index contributed by atoms with van der Waals surface area (Å²) in [5, 5.41) is 63.6. The third kappa shape index (κ3) is 178. The second-order valence-corrected chi connectivity index (χ2v) is 6.21. The number of hydrogen-bond donors (Lipinski definition) is 3. The van der Waals surface area contributed by atoms with Gasteiger partial charge in [0.05, 0.1) is 19.8 Å². The van der Waals surface area contributed by atoms with Gasteiger partial charge in [0.1, 0.15) is 0 Å². The Morgan fingerprint density at radius 1 is 0.519 bits per heavy atom. The van der Waals surface area contributed by atoms with Crippen molar-refractivity contribution in [2.75, 3.05) is 39.5 Å². The minimum Gasteiger partial charge on any atom is -0.852 e. The average Bonchev–Trinajstić information content (AvgIpc) is 2.36. The summed E-state index contributed by atoms with van der Waals surface area (Å²) < 4.78 is 0. The molecule has 0 heterocycles. The van der Waals surface area contributed by atoms with Crippen LogP contribution in [0, 0.1) is 0 Å². The van der Waals surface area contributed by atoms with Crippen LogP contribution in [0.3, 0.4) is 0 Å². The Balaban J connectivity index is -0.0000000552. The maximum atomic E-state index is 9.53. The van der Waals surface area contributed by atoms with E-state index < -0.39 is 24.4 Å². The Morgan fingerprint density at radius 2 is 0.630 bits per heavy atom. The first-order valence-corrected chi connectivity index (χ1v) is 8.96. The van der Waals surface area contributed by atoms with Crippen molar-refractivity contribution in [2.45, 2.75) is 79.8 Å². The van der Waals surface area contributed by atoms with Gasteiger partial charge >= 0.3 is 21.7 Å². The molecule has 0 unspecified atom stereocenters. The van der Waals surface area contributed by atoms with Crippen molar-refractivity contribution < 1.29 is 57.5 Å². The van der Waals surface area contributed by atoms with E-state index in [9.17, 15) is 20.4 Å². The predicted molar refractivity (Wildman–Crippen MR) is 98.2 cm³/mol. The first-order chi connectivity index (χ1) is 11.8. The first-order valence-electron chi connectivity index (χ1n) is 8.96. The summed E-state index contributed by atoms with van der Waals surface area (Å²) >= 11 is 0. The third-order valence-corrected chi connectivity index (χ3v) is 1.25. The minimum atomic E-state index is -0.417. The monoisotopic (exact) mass is 433 g/mol. The van der Waals surface area contributed by atoms with Gasteiger partial charge in [-0.2, -0.15) is 0 Å². The predicted octanol–water partition coefficient (Wildman–Crippen LogP) is -2.72. The normalized spacial score (nSPS) is 9.33. The molecule has 0 aliphatic carbocycles. The minimum absolute atomic E-state index is 0. The molecule has 8 nitrogen and oxygen atoms in total. The zero-order chi connectivity index (χ0) is 22.1. The van der Waals surface area contributed by atoms with Crippen molar-refractivity contribution in [3.63, 3.8) is 0 Å². The van der Waals surface area contributed by atoms with Gasteiger partial charge in [-0.15, -0.1) is 24.4 Å². The molecule has 0 atom stereocenters. The van der Waals surface area contributed by atoms with Crippen molar-refractivity contribution in [3.8, 4) is 0 Å². The molecule has 0 aliphatic rings. The zero-order valence-electron chi connectivity index (χ0n) is 18.5. The Bertz CT molecular complexity index is 161. The third-order valence-electron chi connectivity index (χ3n) is 1.25. The van der Waals surface area contributed by atoms with Crippen LogP contribution in [0.5, 0.6) is 0 Å². The summed E-state index contributed by atoms with van der Waals surface area (Å²) in [7, 11) is 0. The van der Waals surface area contributed by atoms with Gasteiger partial charge in [-0.05, 0) is 0 Å². The summed E-state index contributed by atoms with van der Waals surface area (Å²) in [5.74, 6) is 0. The molecule has 9 heteroatoms. The molecular weight excluding hydrogens is 390 g/mol. The number of rotatable bonds is 6. The Kier molecular flexibility index (Phi) is 57.4. The number of hydrogen-bond acceptors (Lipinski definition) is 8. The van der Waals surface area contributed by atoms with Crippen molar-refractivity contribution in [1.82, 2.24) is 4.90 Å². The van der Waals surface area contributed by atoms with Gasteiger partial charge in [0.25, 0.3) is 0 Å². The topological polar surface area (TPSA) is 156 Å². The van der Waals surface area contributed by atoms with Crippen molar-refractivity contribution in [3.05, 3.63) is 0 Å². The van der Waals surface area contributed by atoms with E-state index in [4.69, 9.17) is 15.3 Å². The molecule has 166 valence electrons. The van der Waals surface area contributed by atoms with E-state index in [1.807, 2.05) is 0 Å². The van der Waals surface area contributed by atoms with Crippen LogP contribution in [-0.4, -0.2) is 84.1 Å². The van der Waals surface area contributed by atoms with E-state index in [-0.39, 0.29) is 41.5 Å². The summed E-state index contributed by atoms with van der Waals surface area (Å²) in [6.07, 6.45) is -1.67. The summed E-state index contributed by atoms with van der Waals surface area (Å²) in [5.41, 5.74) is 0. The second kappa shape index (κ2) is 37.2. The molecule has 0 aliphatic heterocycles. The van der Waals surface area contributed by atoms with Gasteiger partial charge in [-0.25, -0.2) is 0 Å². The molecule has 0 aromatic rings. The maximum absolute atomic E-state index is 9.53. The molecule has 27 heavy (non-hydrogen) atoms. The molecule has 3 N–H and O–H groups in total. The zero-order valence-corrected chi connectivity index (χ0v) is 20.0. The fourth-order valence-electron chi connectivity index (χ4n) is 0.760. The van der Waals surface area contributed by atoms with Crippen LogP contribution in [0.2, 0.25) is 0 Å². The largest absolute Gasteiger partial charge is 4.00 e. The Hall–Kier alpha value is 0.394. The van der Waals surface area contributed by atoms with E-state index in [0.29, 0.717) is 19.6 Å². The van der Waals surface area contributed by atoms with Crippen molar-refractivity contribution >= 4 is 0 Å². The van der Waals surface area contributed by atoms with Crippen LogP contribution in [-0.2, 0) is 21.7 Å². The van der Waals surface area contributed by atoms with Gasteiger partial charge in [0.2, 0.25) is 0 Å². The molecule has 0 bridgehead atoms. The van der Waals surface area contributed by atoms with Crippen LogP contribution in [0.4, 0.5) is 0 Å². The van der Waals surface area contributed by atoms with Crippen molar-refractivity contribution in [2.24, 2.45) is 0 Å². The van der Waals surface area contributed by atoms with Gasteiger partial charge in [0.15, 0.2) is 0 Å². The van der Waals surface area contributed by atoms with Crippen LogP contribution < -0.4 is 20.4 Å². The smallest absolute Gasteiger partial charge is 0.852 e. The average molecular weight is 433 g/mol. The van der Waals surface area contributed by atoms with E-state index >= 15 is 0 Å². The Labute approximate surface area is 181 Å². The standard InChI is InChI=1S/C6H15NO3.4C3H7O.Ti/c8-4-1-7(2-5-9)3-6-10;4*1-3(2)4;/h8-10H,1-6H2;4*3H,1-2H3;/q;4*-1;+4. The number of aliphatic hydroxyl groups excluding tert-OH is 3. The van der Waals surface area contributed by atoms with Gasteiger partial charge in [0, 0.05) is 19.6 Å².